The van der Waals surface area contributed by atoms with Gasteiger partial charge in [-0.3, -0.25) is 9.59 Å². The molecule has 0 atom stereocenters. The Morgan fingerprint density at radius 2 is 1.67 bits per heavy atom. The number of H-pyrrole nitrogens is 1. The average molecular weight is 588 g/mol. The molecule has 2 aromatic carbocycles. The number of aromatic nitrogens is 1. The molecule has 8 nitrogen and oxygen atoms in total. The van der Waals surface area contributed by atoms with E-state index in [9.17, 15) is 14.7 Å². The highest BCUT2D eigenvalue weighted by molar-refractivity contribution is 5.99. The van der Waals surface area contributed by atoms with Crippen LogP contribution in [-0.4, -0.2) is 61.6 Å². The highest BCUT2D eigenvalue weighted by Crippen LogP contribution is 2.37. The van der Waals surface area contributed by atoms with Gasteiger partial charge in [0.1, 0.15) is 0 Å². The van der Waals surface area contributed by atoms with Crippen LogP contribution in [0.4, 0.5) is 5.69 Å². The van der Waals surface area contributed by atoms with E-state index in [0.717, 1.165) is 84.6 Å². The van der Waals surface area contributed by atoms with E-state index in [1.54, 1.807) is 0 Å². The molecule has 3 heterocycles. The second-order valence-electron chi connectivity index (χ2n) is 12.1. The van der Waals surface area contributed by atoms with E-state index < -0.39 is 0 Å². The molecule has 43 heavy (non-hydrogen) atoms. The minimum Gasteiger partial charge on any atom is -0.395 e. The lowest BCUT2D eigenvalue weighted by molar-refractivity contribution is 0.0253. The number of nitrogens with zero attached hydrogens (tertiary/aromatic N) is 1. The van der Waals surface area contributed by atoms with E-state index in [4.69, 9.17) is 9.47 Å². The Hall–Kier alpha value is -3.46. The van der Waals surface area contributed by atoms with E-state index in [-0.39, 0.29) is 30.0 Å². The van der Waals surface area contributed by atoms with Crippen LogP contribution in [0.5, 0.6) is 0 Å². The molecule has 8 heteroatoms. The largest absolute Gasteiger partial charge is 0.395 e. The average Bonchev–Trinajstić information content (AvgIpc) is 3.02. The van der Waals surface area contributed by atoms with Crippen molar-refractivity contribution in [3.05, 3.63) is 86.3 Å². The van der Waals surface area contributed by atoms with Gasteiger partial charge in [-0.2, -0.15) is 0 Å². The fourth-order valence-electron chi connectivity index (χ4n) is 6.70. The molecular weight excluding hydrogens is 542 g/mol. The van der Waals surface area contributed by atoms with Crippen LogP contribution < -0.4 is 15.8 Å². The zero-order valence-corrected chi connectivity index (χ0v) is 25.9. The lowest BCUT2D eigenvalue weighted by atomic mass is 9.74. The Labute approximate surface area is 254 Å². The molecule has 0 bridgehead atoms. The van der Waals surface area contributed by atoms with Gasteiger partial charge in [-0.25, -0.2) is 0 Å². The highest BCUT2D eigenvalue weighted by atomic mass is 16.5. The second-order valence-corrected chi connectivity index (χ2v) is 12.1. The lowest BCUT2D eigenvalue weighted by Gasteiger charge is -2.37. The van der Waals surface area contributed by atoms with Crippen LogP contribution in [0, 0.1) is 20.8 Å². The minimum atomic E-state index is -0.283. The van der Waals surface area contributed by atoms with Crippen molar-refractivity contribution in [3.63, 3.8) is 0 Å². The lowest BCUT2D eigenvalue weighted by Crippen LogP contribution is -2.40. The number of amides is 1. The number of rotatable bonds is 9. The number of anilines is 1. The number of aromatic amines is 1. The van der Waals surface area contributed by atoms with Crippen LogP contribution in [0.1, 0.15) is 70.9 Å². The first-order chi connectivity index (χ1) is 20.8. The van der Waals surface area contributed by atoms with Crippen LogP contribution in [-0.2, 0) is 21.4 Å². The zero-order chi connectivity index (χ0) is 30.6. The van der Waals surface area contributed by atoms with Crippen molar-refractivity contribution in [1.82, 2.24) is 10.3 Å². The van der Waals surface area contributed by atoms with E-state index in [1.165, 1.54) is 0 Å². The standard InChI is InChI=1S/C35H45N3O5/c1-5-38(29-10-14-42-15-11-29)32-20-27(26-6-8-28(9-7-26)35(22-39)12-16-43-17-13-35)19-30(25(32)4)33(40)36-21-31-23(2)18-24(3)37-34(31)41/h6-9,18-20,29,39H,5,10-17,21-22H2,1-4H3,(H,36,40)(H,37,41). The fraction of sp³-hybridized carbons (Fsp3) is 0.486. The molecule has 230 valence electrons. The minimum absolute atomic E-state index is 0.0918. The Morgan fingerprint density at radius 1 is 1.00 bits per heavy atom. The third-order valence-electron chi connectivity index (χ3n) is 9.41. The maximum absolute atomic E-state index is 13.8. The normalized spacial score (nSPS) is 17.0. The van der Waals surface area contributed by atoms with Gasteiger partial charge < -0.3 is 29.8 Å². The summed E-state index contributed by atoms with van der Waals surface area (Å²) < 4.78 is 11.2. The Morgan fingerprint density at radius 3 is 2.30 bits per heavy atom. The van der Waals surface area contributed by atoms with Gasteiger partial charge in [0, 0.05) is 73.5 Å². The molecular formula is C35H45N3O5. The monoisotopic (exact) mass is 587 g/mol. The number of ether oxygens (including phenoxy) is 2. The SMILES string of the molecule is CCN(c1cc(-c2ccc(C3(CO)CCOCC3)cc2)cc(C(=O)NCc2c(C)cc(C)[nH]c2=O)c1C)C1CCOCC1. The number of nitrogens with one attached hydrogen (secondary N) is 2. The first kappa shape index (κ1) is 31.0. The van der Waals surface area contributed by atoms with Crippen LogP contribution in [0.3, 0.4) is 0 Å². The van der Waals surface area contributed by atoms with Gasteiger partial charge in [0.2, 0.25) is 0 Å². The quantitative estimate of drug-likeness (QED) is 0.328. The summed E-state index contributed by atoms with van der Waals surface area (Å²) >= 11 is 0. The number of aryl methyl sites for hydroxylation is 2. The Balaban J connectivity index is 1.52. The highest BCUT2D eigenvalue weighted by Gasteiger charge is 2.34. The maximum Gasteiger partial charge on any atom is 0.253 e. The molecule has 2 fully saturated rings. The molecule has 5 rings (SSSR count). The summed E-state index contributed by atoms with van der Waals surface area (Å²) in [6.45, 7) is 11.7. The van der Waals surface area contributed by atoms with Gasteiger partial charge in [0.25, 0.3) is 11.5 Å². The topological polar surface area (TPSA) is 104 Å². The number of carbonyl (C=O) groups is 1. The fourth-order valence-corrected chi connectivity index (χ4v) is 6.70. The molecule has 0 spiro atoms. The number of benzene rings is 2. The summed E-state index contributed by atoms with van der Waals surface area (Å²) in [4.78, 5) is 31.7. The van der Waals surface area contributed by atoms with Gasteiger partial charge in [-0.05, 0) is 99.4 Å². The van der Waals surface area contributed by atoms with Crippen molar-refractivity contribution in [3.8, 4) is 11.1 Å². The molecule has 0 radical (unpaired) electrons. The summed E-state index contributed by atoms with van der Waals surface area (Å²) in [5, 5.41) is 13.3. The number of aliphatic hydroxyl groups excluding tert-OH is 1. The van der Waals surface area contributed by atoms with Crippen LogP contribution in [0.2, 0.25) is 0 Å². The van der Waals surface area contributed by atoms with Crippen molar-refractivity contribution in [2.24, 2.45) is 0 Å². The van der Waals surface area contributed by atoms with Crippen molar-refractivity contribution in [1.29, 1.82) is 0 Å². The summed E-state index contributed by atoms with van der Waals surface area (Å²) in [5.41, 5.74) is 7.39. The van der Waals surface area contributed by atoms with Crippen molar-refractivity contribution in [2.75, 3.05) is 44.5 Å². The molecule has 2 aliphatic rings. The zero-order valence-electron chi connectivity index (χ0n) is 25.9. The molecule has 1 amide bonds. The molecule has 3 aromatic rings. The number of hydrogen-bond donors (Lipinski definition) is 3. The number of carbonyl (C=O) groups excluding carboxylic acids is 1. The van der Waals surface area contributed by atoms with E-state index in [1.807, 2.05) is 32.9 Å². The first-order valence-electron chi connectivity index (χ1n) is 15.5. The molecule has 1 aromatic heterocycles. The van der Waals surface area contributed by atoms with Crippen LogP contribution in [0.25, 0.3) is 11.1 Å². The van der Waals surface area contributed by atoms with E-state index in [2.05, 4.69) is 52.5 Å². The van der Waals surface area contributed by atoms with Crippen molar-refractivity contribution in [2.45, 2.75) is 71.4 Å². The predicted octanol–water partition coefficient (Wildman–Crippen LogP) is 4.94. The molecule has 0 aliphatic carbocycles. The summed E-state index contributed by atoms with van der Waals surface area (Å²) in [7, 11) is 0. The van der Waals surface area contributed by atoms with Gasteiger partial charge in [0.15, 0.2) is 0 Å². The third kappa shape index (κ3) is 6.56. The molecule has 3 N–H and O–H groups in total. The van der Waals surface area contributed by atoms with Gasteiger partial charge in [-0.1, -0.05) is 24.3 Å². The number of hydrogen-bond acceptors (Lipinski definition) is 6. The van der Waals surface area contributed by atoms with Crippen molar-refractivity contribution < 1.29 is 19.4 Å². The van der Waals surface area contributed by atoms with Crippen LogP contribution in [0.15, 0.2) is 47.3 Å². The predicted molar refractivity (Wildman–Crippen MR) is 170 cm³/mol. The molecule has 2 saturated heterocycles. The summed E-state index contributed by atoms with van der Waals surface area (Å²) in [6.07, 6.45) is 3.47. The van der Waals surface area contributed by atoms with E-state index in [0.29, 0.717) is 30.4 Å². The van der Waals surface area contributed by atoms with Crippen LogP contribution >= 0.6 is 0 Å². The Bertz CT molecular complexity index is 1480. The molecule has 2 aliphatic heterocycles. The third-order valence-corrected chi connectivity index (χ3v) is 9.41. The molecule has 0 saturated carbocycles. The number of pyridine rings is 1. The van der Waals surface area contributed by atoms with Crippen molar-refractivity contribution >= 4 is 11.6 Å². The second kappa shape index (κ2) is 13.5. The van der Waals surface area contributed by atoms with Gasteiger partial charge >= 0.3 is 0 Å². The summed E-state index contributed by atoms with van der Waals surface area (Å²) in [6, 6.07) is 14.8. The maximum atomic E-state index is 13.8. The first-order valence-corrected chi connectivity index (χ1v) is 15.5. The van der Waals surface area contributed by atoms with Gasteiger partial charge in [-0.15, -0.1) is 0 Å². The number of aliphatic hydroxyl groups is 1. The Kier molecular flexibility index (Phi) is 9.69. The van der Waals surface area contributed by atoms with E-state index >= 15 is 0 Å². The smallest absolute Gasteiger partial charge is 0.253 e. The summed E-state index contributed by atoms with van der Waals surface area (Å²) in [5.74, 6) is -0.207. The van der Waals surface area contributed by atoms with Gasteiger partial charge in [0.05, 0.1) is 6.61 Å². The molecule has 0 unspecified atom stereocenters.